The molecule has 0 bridgehead atoms. The molecule has 7 atom stereocenters. The predicted molar refractivity (Wildman–Crippen MR) is 235 cm³/mol. The number of alkyl carbamates (subject to hydrolysis) is 1. The smallest absolute Gasteiger partial charge is 0.407 e. The quantitative estimate of drug-likeness (QED) is 0.0540. The largest absolute Gasteiger partial charge is 0.480 e. The molecular weight excluding hydrogens is 845 g/mol. The number of hydrogen-bond acceptors (Lipinski definition) is 14. The first kappa shape index (κ1) is 51.9. The van der Waals surface area contributed by atoms with Crippen molar-refractivity contribution >= 4 is 35.9 Å². The van der Waals surface area contributed by atoms with Crippen LogP contribution in [-0.2, 0) is 57.1 Å². The maximum atomic E-state index is 13.6. The van der Waals surface area contributed by atoms with Gasteiger partial charge in [0.05, 0.1) is 34.3 Å². The van der Waals surface area contributed by atoms with E-state index in [9.17, 15) is 39.4 Å². The van der Waals surface area contributed by atoms with E-state index < -0.39 is 114 Å². The van der Waals surface area contributed by atoms with Crippen LogP contribution in [0, 0.1) is 21.7 Å². The Morgan fingerprint density at radius 1 is 0.677 bits per heavy atom. The highest BCUT2D eigenvalue weighted by Crippen LogP contribution is 2.44. The fourth-order valence-electron chi connectivity index (χ4n) is 6.68. The van der Waals surface area contributed by atoms with Gasteiger partial charge in [0.25, 0.3) is 0 Å². The number of rotatable bonds is 16. The summed E-state index contributed by atoms with van der Waals surface area (Å²) in [5.74, 6) is -4.55. The Bertz CT molecular complexity index is 2060. The zero-order valence-electron chi connectivity index (χ0n) is 39.4. The molecule has 1 fully saturated rings. The predicted octanol–water partition coefficient (Wildman–Crippen LogP) is 7.64. The molecule has 0 spiro atoms. The number of carboxylic acids is 1. The highest BCUT2D eigenvalue weighted by atomic mass is 16.7. The summed E-state index contributed by atoms with van der Waals surface area (Å²) in [5, 5.41) is 16.3. The van der Waals surface area contributed by atoms with E-state index in [0.717, 1.165) is 22.3 Å². The molecular formula is C47H64N4O14. The monoisotopic (exact) mass is 908 g/mol. The van der Waals surface area contributed by atoms with E-state index in [1.165, 1.54) is 0 Å². The normalized spacial score (nSPS) is 20.7. The number of hydrogen-bond donors (Lipinski definition) is 2. The first-order valence-electron chi connectivity index (χ1n) is 21.6. The minimum atomic E-state index is -1.63. The Morgan fingerprint density at radius 3 is 1.63 bits per heavy atom. The van der Waals surface area contributed by atoms with Crippen LogP contribution in [0.3, 0.4) is 0 Å². The summed E-state index contributed by atoms with van der Waals surface area (Å²) in [6, 6.07) is 12.9. The van der Waals surface area contributed by atoms with Crippen molar-refractivity contribution in [1.82, 2.24) is 5.32 Å². The summed E-state index contributed by atoms with van der Waals surface area (Å²) in [7, 11) is 0. The van der Waals surface area contributed by atoms with E-state index in [1.807, 2.05) is 48.5 Å². The van der Waals surface area contributed by atoms with Gasteiger partial charge in [-0.1, -0.05) is 53.6 Å². The van der Waals surface area contributed by atoms with Crippen molar-refractivity contribution < 1.29 is 67.0 Å². The topological polar surface area (TPSA) is 248 Å². The van der Waals surface area contributed by atoms with Gasteiger partial charge in [-0.15, -0.1) is 0 Å². The van der Waals surface area contributed by atoms with E-state index in [-0.39, 0.29) is 25.4 Å². The summed E-state index contributed by atoms with van der Waals surface area (Å²) in [6.45, 7) is 18.2. The molecule has 65 heavy (non-hydrogen) atoms. The number of nitrogens with zero attached hydrogens (tertiary/aromatic N) is 3. The van der Waals surface area contributed by atoms with Gasteiger partial charge in [0.15, 0.2) is 24.6 Å². The van der Waals surface area contributed by atoms with Crippen molar-refractivity contribution in [3.05, 3.63) is 70.1 Å². The zero-order chi connectivity index (χ0) is 48.7. The number of benzene rings is 2. The highest BCUT2D eigenvalue weighted by molar-refractivity contribution is 5.81. The van der Waals surface area contributed by atoms with Crippen LogP contribution in [0.1, 0.15) is 113 Å². The van der Waals surface area contributed by atoms with E-state index in [0.29, 0.717) is 0 Å². The van der Waals surface area contributed by atoms with E-state index in [4.69, 9.17) is 33.2 Å². The molecule has 18 nitrogen and oxygen atoms in total. The summed E-state index contributed by atoms with van der Waals surface area (Å²) >= 11 is 0. The van der Waals surface area contributed by atoms with Crippen LogP contribution in [0.15, 0.2) is 53.6 Å². The Hall–Kier alpha value is -5.71. The first-order chi connectivity index (χ1) is 30.1. The first-order valence-corrected chi connectivity index (χ1v) is 21.6. The van der Waals surface area contributed by atoms with Gasteiger partial charge < -0.3 is 43.6 Å². The molecule has 18 heteroatoms. The van der Waals surface area contributed by atoms with Crippen LogP contribution in [0.4, 0.5) is 4.79 Å². The Morgan fingerprint density at radius 2 is 1.15 bits per heavy atom. The van der Waals surface area contributed by atoms with Gasteiger partial charge in [-0.05, 0) is 124 Å². The van der Waals surface area contributed by atoms with E-state index >= 15 is 0 Å². The third kappa shape index (κ3) is 13.9. The molecule has 2 aromatic rings. The lowest BCUT2D eigenvalue weighted by atomic mass is 9.93. The van der Waals surface area contributed by atoms with Crippen molar-refractivity contribution in [2.45, 2.75) is 145 Å². The van der Waals surface area contributed by atoms with Crippen molar-refractivity contribution in [2.75, 3.05) is 19.8 Å². The van der Waals surface area contributed by atoms with Gasteiger partial charge >= 0.3 is 35.9 Å². The lowest BCUT2D eigenvalue weighted by molar-refractivity contribution is -0.312. The van der Waals surface area contributed by atoms with Crippen molar-refractivity contribution in [3.8, 4) is 11.1 Å². The third-order valence-electron chi connectivity index (χ3n) is 10.5. The maximum Gasteiger partial charge on any atom is 0.407 e. The van der Waals surface area contributed by atoms with Gasteiger partial charge in [0, 0.05) is 10.8 Å². The standard InChI is InChI=1S/C47H64N4O14/c1-44(2,3)39(54)60-25-33-34(63-40(55)45(4,5)6)35(64-41(56)46(7,8)9)36(65-42(57)47(10,11)12)38(62-33)59-23-26(50-51-48)21-22-32(37(52)53)49-43(58)61-24-31-29-19-15-13-17-27(29)28-18-14-16-20-30(28)31/h13-20,26,31-36,38H,21-25H2,1-12H3,(H,49,58)(H,52,53)/t26-,32-,33+,34-,35-,36+,38+/m0/s1. The molecule has 1 heterocycles. The van der Waals surface area contributed by atoms with Crippen LogP contribution in [-0.4, -0.2) is 104 Å². The minimum absolute atomic E-state index is 0.0531. The molecule has 2 N–H and O–H groups in total. The summed E-state index contributed by atoms with van der Waals surface area (Å²) in [4.78, 5) is 82.1. The molecule has 0 unspecified atom stereocenters. The number of carbonyl (C=O) groups excluding carboxylic acids is 5. The lowest BCUT2D eigenvalue weighted by Gasteiger charge is -2.46. The second kappa shape index (κ2) is 21.1. The van der Waals surface area contributed by atoms with Crippen molar-refractivity contribution in [2.24, 2.45) is 26.8 Å². The fourth-order valence-corrected chi connectivity index (χ4v) is 6.68. The van der Waals surface area contributed by atoms with Crippen LogP contribution in [0.25, 0.3) is 21.6 Å². The van der Waals surface area contributed by atoms with Crippen LogP contribution in [0.2, 0.25) is 0 Å². The average molecular weight is 909 g/mol. The minimum Gasteiger partial charge on any atom is -0.480 e. The molecule has 2 aliphatic rings. The lowest BCUT2D eigenvalue weighted by Crippen LogP contribution is -2.64. The molecule has 1 amide bonds. The van der Waals surface area contributed by atoms with Gasteiger partial charge in [-0.25, -0.2) is 9.59 Å². The average Bonchev–Trinajstić information content (AvgIpc) is 3.52. The molecule has 2 aromatic carbocycles. The number of aliphatic carboxylic acids is 1. The Labute approximate surface area is 379 Å². The Balaban J connectivity index is 1.58. The van der Waals surface area contributed by atoms with E-state index in [2.05, 4.69) is 15.3 Å². The van der Waals surface area contributed by atoms with Crippen molar-refractivity contribution in [3.63, 3.8) is 0 Å². The molecule has 1 aliphatic carbocycles. The third-order valence-corrected chi connectivity index (χ3v) is 10.5. The number of carbonyl (C=O) groups is 6. The summed E-state index contributed by atoms with van der Waals surface area (Å²) in [6.07, 6.45) is -9.07. The molecule has 0 aromatic heterocycles. The maximum absolute atomic E-state index is 13.6. The van der Waals surface area contributed by atoms with Crippen molar-refractivity contribution in [1.29, 1.82) is 0 Å². The second-order valence-corrected chi connectivity index (χ2v) is 20.4. The molecule has 4 rings (SSSR count). The molecule has 356 valence electrons. The van der Waals surface area contributed by atoms with Crippen LogP contribution < -0.4 is 5.32 Å². The number of amides is 1. The zero-order valence-corrected chi connectivity index (χ0v) is 39.4. The highest BCUT2D eigenvalue weighted by Gasteiger charge is 2.55. The number of ether oxygens (including phenoxy) is 7. The molecule has 0 radical (unpaired) electrons. The number of nitrogens with one attached hydrogen (secondary N) is 1. The van der Waals surface area contributed by atoms with Gasteiger partial charge in [-0.2, -0.15) is 0 Å². The van der Waals surface area contributed by atoms with Gasteiger partial charge in [0.2, 0.25) is 0 Å². The van der Waals surface area contributed by atoms with Crippen LogP contribution >= 0.6 is 0 Å². The Kier molecular flexibility index (Phi) is 16.8. The summed E-state index contributed by atoms with van der Waals surface area (Å²) in [5.41, 5.74) is 9.28. The fraction of sp³-hybridized carbons (Fsp3) is 0.617. The molecule has 0 saturated carbocycles. The SMILES string of the molecule is CC(C)(C)C(=O)OC[C@H]1O[C@@H](OC[C@H](CC[C@H](NC(=O)OCC2c3ccccc3-c3ccccc32)C(=O)O)N=[N+]=[N-])[C@H](OC(=O)C(C)(C)C)[C@@H](OC(=O)C(C)(C)C)[C@H]1OC(=O)C(C)(C)C. The van der Waals surface area contributed by atoms with Gasteiger partial charge in [-0.3, -0.25) is 19.2 Å². The summed E-state index contributed by atoms with van der Waals surface area (Å²) < 4.78 is 41.7. The number of esters is 4. The molecule has 1 aliphatic heterocycles. The molecule has 1 saturated heterocycles. The number of azide groups is 1. The van der Waals surface area contributed by atoms with Gasteiger partial charge in [0.1, 0.15) is 25.4 Å². The van der Waals surface area contributed by atoms with Crippen LogP contribution in [0.5, 0.6) is 0 Å². The number of carboxylic acid groups (broad SMARTS) is 1. The number of fused-ring (bicyclic) bond motifs is 3. The van der Waals surface area contributed by atoms with E-state index in [1.54, 1.807) is 83.1 Å². The second-order valence-electron chi connectivity index (χ2n) is 20.4.